The van der Waals surface area contributed by atoms with Crippen molar-refractivity contribution in [3.8, 4) is 5.75 Å². The summed E-state index contributed by atoms with van der Waals surface area (Å²) < 4.78 is 32.8. The maximum atomic E-state index is 13.1. The van der Waals surface area contributed by atoms with Crippen LogP contribution in [0.25, 0.3) is 0 Å². The number of aryl methyl sites for hydroxylation is 1. The Morgan fingerprint density at radius 3 is 2.50 bits per heavy atom. The van der Waals surface area contributed by atoms with Gasteiger partial charge in [-0.1, -0.05) is 35.3 Å². The van der Waals surface area contributed by atoms with Gasteiger partial charge in [-0.25, -0.2) is 8.42 Å². The van der Waals surface area contributed by atoms with Gasteiger partial charge in [0.05, 0.1) is 7.11 Å². The number of benzene rings is 2. The van der Waals surface area contributed by atoms with Gasteiger partial charge in [0.2, 0.25) is 15.9 Å². The Morgan fingerprint density at radius 1 is 1.17 bits per heavy atom. The molecule has 0 saturated carbocycles. The van der Waals surface area contributed by atoms with E-state index in [1.807, 2.05) is 6.92 Å². The number of sulfonamides is 1. The molecule has 2 aromatic rings. The van der Waals surface area contributed by atoms with E-state index in [9.17, 15) is 13.2 Å². The quantitative estimate of drug-likeness (QED) is 0.691. The largest absolute Gasteiger partial charge is 0.495 e. The highest BCUT2D eigenvalue weighted by atomic mass is 35.5. The molecule has 0 bridgehead atoms. The number of nitrogens with zero attached hydrogens (tertiary/aromatic N) is 1. The van der Waals surface area contributed by atoms with Crippen LogP contribution in [0.2, 0.25) is 10.0 Å². The number of amides is 1. The molecule has 1 aliphatic rings. The molecule has 0 atom stereocenters. The number of hydrogen-bond acceptors (Lipinski definition) is 4. The lowest BCUT2D eigenvalue weighted by molar-refractivity contribution is -0.126. The van der Waals surface area contributed by atoms with Crippen molar-refractivity contribution in [2.75, 3.05) is 20.2 Å². The lowest BCUT2D eigenvalue weighted by atomic mass is 9.97. The first-order chi connectivity index (χ1) is 14.2. The van der Waals surface area contributed by atoms with Gasteiger partial charge >= 0.3 is 0 Å². The molecule has 0 radical (unpaired) electrons. The van der Waals surface area contributed by atoms with Crippen molar-refractivity contribution in [1.29, 1.82) is 0 Å². The molecule has 2 aromatic carbocycles. The van der Waals surface area contributed by atoms with Crippen LogP contribution in [-0.4, -0.2) is 38.8 Å². The second-order valence-corrected chi connectivity index (χ2v) is 10.0. The zero-order valence-electron chi connectivity index (χ0n) is 16.8. The van der Waals surface area contributed by atoms with Crippen molar-refractivity contribution in [2.45, 2.75) is 31.2 Å². The molecule has 0 aromatic heterocycles. The van der Waals surface area contributed by atoms with Gasteiger partial charge in [-0.05, 0) is 55.2 Å². The van der Waals surface area contributed by atoms with E-state index < -0.39 is 10.0 Å². The van der Waals surface area contributed by atoms with E-state index in [2.05, 4.69) is 5.32 Å². The Kier molecular flexibility index (Phi) is 7.29. The number of carbonyl (C=O) groups is 1. The van der Waals surface area contributed by atoms with E-state index in [4.69, 9.17) is 27.9 Å². The summed E-state index contributed by atoms with van der Waals surface area (Å²) in [5.74, 6) is -0.0339. The molecule has 1 aliphatic heterocycles. The molecule has 1 saturated heterocycles. The highest BCUT2D eigenvalue weighted by molar-refractivity contribution is 7.89. The fraction of sp³-hybridized carbons (Fsp3) is 0.381. The average Bonchev–Trinajstić information content (AvgIpc) is 2.73. The van der Waals surface area contributed by atoms with Gasteiger partial charge in [-0.15, -0.1) is 0 Å². The standard InChI is InChI=1S/C21H24Cl2N2O4S/c1-14-3-6-19(29-2)20(11-14)30(27,28)25-9-7-15(8-10-25)21(26)24-13-16-4-5-17(22)12-18(16)23/h3-6,11-12,15H,7-10,13H2,1-2H3,(H,24,26). The van der Waals surface area contributed by atoms with Crippen LogP contribution in [0.15, 0.2) is 41.3 Å². The molecule has 1 N–H and O–H groups in total. The van der Waals surface area contributed by atoms with Crippen LogP contribution in [0.1, 0.15) is 24.0 Å². The molecular weight excluding hydrogens is 447 g/mol. The number of ether oxygens (including phenoxy) is 1. The average molecular weight is 471 g/mol. The van der Waals surface area contributed by atoms with E-state index in [0.29, 0.717) is 35.2 Å². The van der Waals surface area contributed by atoms with Crippen LogP contribution in [0.3, 0.4) is 0 Å². The number of halogens is 2. The second-order valence-electron chi connectivity index (χ2n) is 7.29. The van der Waals surface area contributed by atoms with Crippen LogP contribution in [0.4, 0.5) is 0 Å². The number of methoxy groups -OCH3 is 1. The summed E-state index contributed by atoms with van der Waals surface area (Å²) in [5, 5.41) is 3.92. The van der Waals surface area contributed by atoms with E-state index in [-0.39, 0.29) is 29.8 Å². The van der Waals surface area contributed by atoms with Gasteiger partial charge in [-0.2, -0.15) is 4.31 Å². The van der Waals surface area contributed by atoms with E-state index in [1.165, 1.54) is 11.4 Å². The number of hydrogen-bond donors (Lipinski definition) is 1. The first kappa shape index (κ1) is 22.9. The summed E-state index contributed by atoms with van der Waals surface area (Å²) in [5.41, 5.74) is 1.62. The van der Waals surface area contributed by atoms with E-state index in [0.717, 1.165) is 11.1 Å². The molecule has 30 heavy (non-hydrogen) atoms. The fourth-order valence-electron chi connectivity index (χ4n) is 3.47. The number of piperidine rings is 1. The van der Waals surface area contributed by atoms with Crippen molar-refractivity contribution in [2.24, 2.45) is 5.92 Å². The van der Waals surface area contributed by atoms with Crippen molar-refractivity contribution >= 4 is 39.1 Å². The molecule has 0 aliphatic carbocycles. The molecule has 1 fully saturated rings. The zero-order chi connectivity index (χ0) is 21.9. The lowest BCUT2D eigenvalue weighted by Gasteiger charge is -2.31. The summed E-state index contributed by atoms with van der Waals surface area (Å²) in [4.78, 5) is 12.7. The molecule has 1 amide bonds. The van der Waals surface area contributed by atoms with E-state index in [1.54, 1.807) is 36.4 Å². The van der Waals surface area contributed by atoms with Gasteiger partial charge in [0.15, 0.2) is 0 Å². The lowest BCUT2D eigenvalue weighted by Crippen LogP contribution is -2.43. The Morgan fingerprint density at radius 2 is 1.87 bits per heavy atom. The smallest absolute Gasteiger partial charge is 0.246 e. The Labute approximate surface area is 187 Å². The van der Waals surface area contributed by atoms with Crippen LogP contribution >= 0.6 is 23.2 Å². The minimum atomic E-state index is -3.69. The number of carbonyl (C=O) groups excluding carboxylic acids is 1. The monoisotopic (exact) mass is 470 g/mol. The molecule has 0 unspecified atom stereocenters. The van der Waals surface area contributed by atoms with Gasteiger partial charge in [0.1, 0.15) is 10.6 Å². The molecular formula is C21H24Cl2N2O4S. The summed E-state index contributed by atoms with van der Waals surface area (Å²) in [6, 6.07) is 10.2. The second kappa shape index (κ2) is 9.56. The molecule has 3 rings (SSSR count). The molecule has 1 heterocycles. The van der Waals surface area contributed by atoms with Crippen LogP contribution in [0, 0.1) is 12.8 Å². The van der Waals surface area contributed by atoms with Gasteiger partial charge in [0.25, 0.3) is 0 Å². The summed E-state index contributed by atoms with van der Waals surface area (Å²) in [7, 11) is -2.24. The zero-order valence-corrected chi connectivity index (χ0v) is 19.1. The van der Waals surface area contributed by atoms with Crippen LogP contribution < -0.4 is 10.1 Å². The fourth-order valence-corrected chi connectivity index (χ4v) is 5.66. The third-order valence-electron chi connectivity index (χ3n) is 5.23. The van der Waals surface area contributed by atoms with Gasteiger partial charge in [0, 0.05) is 35.6 Å². The first-order valence-electron chi connectivity index (χ1n) is 9.59. The molecule has 162 valence electrons. The first-order valence-corrected chi connectivity index (χ1v) is 11.8. The summed E-state index contributed by atoms with van der Waals surface area (Å²) in [6.07, 6.45) is 0.904. The topological polar surface area (TPSA) is 75.7 Å². The Balaban J connectivity index is 1.61. The highest BCUT2D eigenvalue weighted by Crippen LogP contribution is 2.30. The number of rotatable bonds is 6. The Hall–Kier alpha value is -1.80. The van der Waals surface area contributed by atoms with Crippen LogP contribution in [0.5, 0.6) is 5.75 Å². The summed E-state index contributed by atoms with van der Waals surface area (Å²) >= 11 is 12.0. The maximum absolute atomic E-state index is 13.1. The summed E-state index contributed by atoms with van der Waals surface area (Å²) in [6.45, 7) is 2.69. The third-order valence-corrected chi connectivity index (χ3v) is 7.74. The van der Waals surface area contributed by atoms with Crippen molar-refractivity contribution in [3.63, 3.8) is 0 Å². The third kappa shape index (κ3) is 5.09. The SMILES string of the molecule is COc1ccc(C)cc1S(=O)(=O)N1CCC(C(=O)NCc2ccc(Cl)cc2Cl)CC1. The normalized spacial score (nSPS) is 15.7. The molecule has 6 nitrogen and oxygen atoms in total. The van der Waals surface area contributed by atoms with Crippen molar-refractivity contribution in [3.05, 3.63) is 57.6 Å². The predicted octanol–water partition coefficient (Wildman–Crippen LogP) is 4.03. The highest BCUT2D eigenvalue weighted by Gasteiger charge is 2.33. The minimum absolute atomic E-state index is 0.105. The maximum Gasteiger partial charge on any atom is 0.246 e. The van der Waals surface area contributed by atoms with Crippen molar-refractivity contribution < 1.29 is 17.9 Å². The molecule has 9 heteroatoms. The van der Waals surface area contributed by atoms with Gasteiger partial charge in [-0.3, -0.25) is 4.79 Å². The minimum Gasteiger partial charge on any atom is -0.495 e. The van der Waals surface area contributed by atoms with E-state index >= 15 is 0 Å². The number of nitrogens with one attached hydrogen (secondary N) is 1. The van der Waals surface area contributed by atoms with Crippen molar-refractivity contribution in [1.82, 2.24) is 9.62 Å². The Bertz CT molecular complexity index is 1040. The van der Waals surface area contributed by atoms with Crippen LogP contribution in [-0.2, 0) is 21.4 Å². The molecule has 0 spiro atoms. The van der Waals surface area contributed by atoms with Gasteiger partial charge < -0.3 is 10.1 Å². The predicted molar refractivity (Wildman–Crippen MR) is 118 cm³/mol.